The van der Waals surface area contributed by atoms with Crippen LogP contribution in [0.25, 0.3) is 10.8 Å². The van der Waals surface area contributed by atoms with E-state index in [2.05, 4.69) is 72.0 Å². The molecule has 0 radical (unpaired) electrons. The maximum Gasteiger partial charge on any atom is 0.124 e. The molecule has 132 valence electrons. The van der Waals surface area contributed by atoms with Gasteiger partial charge in [0.25, 0.3) is 0 Å². The topological polar surface area (TPSA) is 21.3 Å². The molecule has 5 rings (SSSR count). The van der Waals surface area contributed by atoms with Crippen LogP contribution in [0.5, 0.6) is 5.75 Å². The fraction of sp³-hybridized carbons (Fsp3) is 0.333. The van der Waals surface area contributed by atoms with E-state index in [4.69, 9.17) is 4.74 Å². The lowest BCUT2D eigenvalue weighted by Crippen LogP contribution is -2.42. The van der Waals surface area contributed by atoms with Crippen molar-refractivity contribution >= 4 is 10.8 Å². The lowest BCUT2D eigenvalue weighted by molar-refractivity contribution is 0.0365. The van der Waals surface area contributed by atoms with Gasteiger partial charge in [-0.2, -0.15) is 0 Å². The lowest BCUT2D eigenvalue weighted by Gasteiger charge is -2.40. The van der Waals surface area contributed by atoms with Crippen LogP contribution >= 0.6 is 0 Å². The Hall–Kier alpha value is -2.32. The van der Waals surface area contributed by atoms with Crippen LogP contribution in [0.15, 0.2) is 66.7 Å². The summed E-state index contributed by atoms with van der Waals surface area (Å²) in [7, 11) is 0. The van der Waals surface area contributed by atoms with E-state index in [-0.39, 0.29) is 5.60 Å². The Balaban J connectivity index is 1.44. The van der Waals surface area contributed by atoms with Crippen molar-refractivity contribution < 1.29 is 4.74 Å². The molecular weight excluding hydrogens is 318 g/mol. The molecule has 1 aliphatic heterocycles. The fourth-order valence-electron chi connectivity index (χ4n) is 4.81. The quantitative estimate of drug-likeness (QED) is 0.652. The van der Waals surface area contributed by atoms with Crippen molar-refractivity contribution in [3.8, 4) is 5.75 Å². The molecule has 1 saturated carbocycles. The van der Waals surface area contributed by atoms with Gasteiger partial charge in [0.1, 0.15) is 11.4 Å². The summed E-state index contributed by atoms with van der Waals surface area (Å²) in [6.07, 6.45) is 6.03. The van der Waals surface area contributed by atoms with Crippen molar-refractivity contribution in [2.75, 3.05) is 0 Å². The molecule has 0 saturated heterocycles. The van der Waals surface area contributed by atoms with Crippen LogP contribution in [0.2, 0.25) is 0 Å². The van der Waals surface area contributed by atoms with Gasteiger partial charge in [0.05, 0.1) is 0 Å². The van der Waals surface area contributed by atoms with E-state index in [1.807, 2.05) is 0 Å². The fourth-order valence-corrected chi connectivity index (χ4v) is 4.81. The van der Waals surface area contributed by atoms with Crippen molar-refractivity contribution in [2.45, 2.75) is 50.3 Å². The zero-order chi connectivity index (χ0) is 17.4. The molecule has 1 heterocycles. The summed E-state index contributed by atoms with van der Waals surface area (Å²) >= 11 is 0. The van der Waals surface area contributed by atoms with Crippen LogP contribution in [0, 0.1) is 0 Å². The van der Waals surface area contributed by atoms with Crippen molar-refractivity contribution in [1.82, 2.24) is 5.32 Å². The van der Waals surface area contributed by atoms with Gasteiger partial charge >= 0.3 is 0 Å². The molecule has 1 fully saturated rings. The van der Waals surface area contributed by atoms with E-state index in [9.17, 15) is 0 Å². The highest BCUT2D eigenvalue weighted by Gasteiger charge is 2.42. The second-order valence-corrected chi connectivity index (χ2v) is 7.81. The molecule has 3 aromatic rings. The minimum absolute atomic E-state index is 0.0464. The van der Waals surface area contributed by atoms with E-state index in [1.54, 1.807) is 0 Å². The van der Waals surface area contributed by atoms with E-state index in [0.717, 1.165) is 18.7 Å². The SMILES string of the molecule is c1ccc2c(c1)OC1(CCCC1)CC2NCc1cccc2ccccc12. The third kappa shape index (κ3) is 2.79. The average Bonchev–Trinajstić information content (AvgIpc) is 3.13. The van der Waals surface area contributed by atoms with Gasteiger partial charge < -0.3 is 10.1 Å². The predicted molar refractivity (Wildman–Crippen MR) is 106 cm³/mol. The number of para-hydroxylation sites is 1. The highest BCUT2D eigenvalue weighted by atomic mass is 16.5. The number of hydrogen-bond acceptors (Lipinski definition) is 2. The summed E-state index contributed by atoms with van der Waals surface area (Å²) in [5.41, 5.74) is 2.72. The summed E-state index contributed by atoms with van der Waals surface area (Å²) in [4.78, 5) is 0. The van der Waals surface area contributed by atoms with Crippen molar-refractivity contribution in [3.63, 3.8) is 0 Å². The van der Waals surface area contributed by atoms with E-state index in [0.29, 0.717) is 6.04 Å². The normalized spacial score (nSPS) is 20.8. The molecule has 1 N–H and O–H groups in total. The maximum atomic E-state index is 6.49. The van der Waals surface area contributed by atoms with Gasteiger partial charge in [0.2, 0.25) is 0 Å². The molecule has 1 spiro atoms. The van der Waals surface area contributed by atoms with E-state index >= 15 is 0 Å². The highest BCUT2D eigenvalue weighted by molar-refractivity contribution is 5.85. The smallest absolute Gasteiger partial charge is 0.124 e. The summed E-state index contributed by atoms with van der Waals surface area (Å²) < 4.78 is 6.49. The minimum Gasteiger partial charge on any atom is -0.487 e. The minimum atomic E-state index is 0.0464. The van der Waals surface area contributed by atoms with Crippen molar-refractivity contribution in [1.29, 1.82) is 0 Å². The standard InChI is InChI=1S/C24H25NO/c1-2-11-20-18(8-1)9-7-10-19(20)17-25-22-16-24(14-5-6-15-24)26-23-13-4-3-12-21(22)23/h1-4,7-13,22,25H,5-6,14-17H2. The van der Waals surface area contributed by atoms with Gasteiger partial charge in [-0.25, -0.2) is 0 Å². The van der Waals surface area contributed by atoms with Crippen molar-refractivity contribution in [3.05, 3.63) is 77.9 Å². The zero-order valence-electron chi connectivity index (χ0n) is 15.1. The number of nitrogens with one attached hydrogen (secondary N) is 1. The lowest BCUT2D eigenvalue weighted by atomic mass is 9.85. The molecule has 2 aliphatic rings. The molecule has 0 bridgehead atoms. The number of benzene rings is 3. The molecule has 0 amide bonds. The summed E-state index contributed by atoms with van der Waals surface area (Å²) in [6.45, 7) is 0.885. The van der Waals surface area contributed by atoms with Crippen LogP contribution in [0.4, 0.5) is 0 Å². The van der Waals surface area contributed by atoms with Crippen molar-refractivity contribution in [2.24, 2.45) is 0 Å². The van der Waals surface area contributed by atoms with Crippen LogP contribution in [-0.4, -0.2) is 5.60 Å². The number of hydrogen-bond donors (Lipinski definition) is 1. The Labute approximate surface area is 155 Å². The summed E-state index contributed by atoms with van der Waals surface area (Å²) in [5.74, 6) is 1.08. The number of fused-ring (bicyclic) bond motifs is 2. The first-order valence-corrected chi connectivity index (χ1v) is 9.81. The van der Waals surface area contributed by atoms with Crippen LogP contribution in [-0.2, 0) is 6.54 Å². The van der Waals surface area contributed by atoms with Gasteiger partial charge in [0.15, 0.2) is 0 Å². The van der Waals surface area contributed by atoms with Gasteiger partial charge in [-0.15, -0.1) is 0 Å². The second-order valence-electron chi connectivity index (χ2n) is 7.81. The zero-order valence-corrected chi connectivity index (χ0v) is 15.1. The Bertz CT molecular complexity index is 921. The first kappa shape index (κ1) is 15.9. The van der Waals surface area contributed by atoms with Crippen LogP contribution in [0.1, 0.15) is 49.3 Å². The van der Waals surface area contributed by atoms with Gasteiger partial charge in [-0.3, -0.25) is 0 Å². The third-order valence-corrected chi connectivity index (χ3v) is 6.13. The van der Waals surface area contributed by atoms with Crippen LogP contribution < -0.4 is 10.1 Å². The largest absolute Gasteiger partial charge is 0.487 e. The molecule has 2 nitrogen and oxygen atoms in total. The maximum absolute atomic E-state index is 6.49. The summed E-state index contributed by atoms with van der Waals surface area (Å²) in [5, 5.41) is 6.51. The van der Waals surface area contributed by atoms with Crippen LogP contribution in [0.3, 0.4) is 0 Å². The first-order chi connectivity index (χ1) is 12.8. The first-order valence-electron chi connectivity index (χ1n) is 9.81. The number of rotatable bonds is 3. The number of ether oxygens (including phenoxy) is 1. The Morgan fingerprint density at radius 2 is 1.65 bits per heavy atom. The van der Waals surface area contributed by atoms with Gasteiger partial charge in [-0.1, -0.05) is 60.7 Å². The van der Waals surface area contributed by atoms with E-state index < -0.39 is 0 Å². The van der Waals surface area contributed by atoms with E-state index in [1.165, 1.54) is 47.6 Å². The molecule has 1 atom stereocenters. The average molecular weight is 343 g/mol. The molecule has 3 aromatic carbocycles. The Morgan fingerprint density at radius 1 is 0.885 bits per heavy atom. The molecular formula is C24H25NO. The summed E-state index contributed by atoms with van der Waals surface area (Å²) in [6, 6.07) is 24.2. The molecule has 0 aromatic heterocycles. The molecule has 2 heteroatoms. The molecule has 26 heavy (non-hydrogen) atoms. The second kappa shape index (κ2) is 6.44. The Kier molecular flexibility index (Phi) is 3.94. The van der Waals surface area contributed by atoms with Gasteiger partial charge in [0, 0.05) is 24.6 Å². The molecule has 1 aliphatic carbocycles. The highest BCUT2D eigenvalue weighted by Crippen LogP contribution is 2.47. The predicted octanol–water partition coefficient (Wildman–Crippen LogP) is 5.77. The Morgan fingerprint density at radius 3 is 2.58 bits per heavy atom. The monoisotopic (exact) mass is 343 g/mol. The third-order valence-electron chi connectivity index (χ3n) is 6.13. The molecule has 1 unspecified atom stereocenters. The van der Waals surface area contributed by atoms with Gasteiger partial charge in [-0.05, 0) is 48.1 Å².